The van der Waals surface area contributed by atoms with Crippen LogP contribution in [0.4, 0.5) is 0 Å². The van der Waals surface area contributed by atoms with Gasteiger partial charge < -0.3 is 14.8 Å². The van der Waals surface area contributed by atoms with Crippen LogP contribution in [0.2, 0.25) is 0 Å². The van der Waals surface area contributed by atoms with E-state index in [1.165, 1.54) is 12.7 Å². The molecule has 0 amide bonds. The fraction of sp³-hybridized carbons (Fsp3) is 0.545. The van der Waals surface area contributed by atoms with E-state index in [9.17, 15) is 14.1 Å². The van der Waals surface area contributed by atoms with Gasteiger partial charge in [-0.3, -0.25) is 13.6 Å². The van der Waals surface area contributed by atoms with E-state index in [1.54, 1.807) is 10.8 Å². The molecule has 8 nitrogen and oxygen atoms in total. The van der Waals surface area contributed by atoms with Crippen LogP contribution in [0.3, 0.4) is 0 Å². The summed E-state index contributed by atoms with van der Waals surface area (Å²) < 4.78 is 19.0. The van der Waals surface area contributed by atoms with Crippen LogP contribution >= 0.6 is 0 Å². The minimum absolute atomic E-state index is 0.193. The largest absolute Gasteiger partial charge is 0.394 e. The summed E-state index contributed by atoms with van der Waals surface area (Å²) in [6.07, 6.45) is 3.94. The first-order chi connectivity index (χ1) is 9.61. The molecule has 3 rings (SSSR count). The molecule has 9 heteroatoms. The Morgan fingerprint density at radius 3 is 3.05 bits per heavy atom. The minimum atomic E-state index is -1.10. The van der Waals surface area contributed by atoms with Gasteiger partial charge in [-0.25, -0.2) is 9.97 Å². The molecule has 1 fully saturated rings. The Balaban J connectivity index is 1.99. The van der Waals surface area contributed by atoms with Crippen molar-refractivity contribution in [2.45, 2.75) is 24.0 Å². The number of hydrogen-bond acceptors (Lipinski definition) is 6. The highest BCUT2D eigenvalue weighted by Crippen LogP contribution is 2.32. The van der Waals surface area contributed by atoms with Gasteiger partial charge in [-0.2, -0.15) is 0 Å². The number of aliphatic hydroxyl groups excluding tert-OH is 1. The Morgan fingerprint density at radius 1 is 1.60 bits per heavy atom. The van der Waals surface area contributed by atoms with Crippen LogP contribution in [0.5, 0.6) is 0 Å². The van der Waals surface area contributed by atoms with E-state index in [-0.39, 0.29) is 22.9 Å². The van der Waals surface area contributed by atoms with E-state index >= 15 is 0 Å². The molecule has 2 aromatic heterocycles. The monoisotopic (exact) mass is 298 g/mol. The maximum atomic E-state index is 11.7. The topological polar surface area (TPSA) is 110 Å². The first-order valence-corrected chi connectivity index (χ1v) is 7.72. The molecule has 0 aliphatic carbocycles. The van der Waals surface area contributed by atoms with Crippen LogP contribution in [0.25, 0.3) is 11.2 Å². The Bertz CT molecular complexity index is 712. The minimum Gasteiger partial charge on any atom is -0.394 e. The zero-order valence-corrected chi connectivity index (χ0v) is 11.5. The average Bonchev–Trinajstić information content (AvgIpc) is 3.02. The summed E-state index contributed by atoms with van der Waals surface area (Å²) in [5, 5.41) is 9.06. The quantitative estimate of drug-likeness (QED) is 0.763. The van der Waals surface area contributed by atoms with Crippen molar-refractivity contribution in [1.29, 1.82) is 0 Å². The van der Waals surface area contributed by atoms with Crippen molar-refractivity contribution in [3.8, 4) is 0 Å². The van der Waals surface area contributed by atoms with Crippen LogP contribution < -0.4 is 5.56 Å². The predicted molar refractivity (Wildman–Crippen MR) is 71.6 cm³/mol. The lowest BCUT2D eigenvalue weighted by atomic mass is 10.2. The first kappa shape index (κ1) is 13.4. The van der Waals surface area contributed by atoms with Gasteiger partial charge in [-0.05, 0) is 0 Å². The van der Waals surface area contributed by atoms with Crippen LogP contribution in [0.15, 0.2) is 17.4 Å². The normalized spacial score (nSPS) is 28.0. The Hall–Kier alpha value is -1.58. The lowest BCUT2D eigenvalue weighted by Crippen LogP contribution is -2.28. The van der Waals surface area contributed by atoms with Crippen molar-refractivity contribution in [2.75, 3.05) is 12.9 Å². The Morgan fingerprint density at radius 2 is 2.40 bits per heavy atom. The molecule has 2 aromatic rings. The maximum absolute atomic E-state index is 11.7. The molecule has 0 spiro atoms. The standard InChI is InChI=1S/C11H14N4O4S/c1-20(18)7-2-8(19-6(7)3-16)15-5-14-9-10(15)12-4-13-11(9)17/h4-8,16H,2-3H2,1H3,(H,12,13,17)/t6-,7+,8-,20?/m1/s1. The van der Waals surface area contributed by atoms with E-state index < -0.39 is 23.1 Å². The number of rotatable bonds is 3. The Labute approximate surface area is 116 Å². The van der Waals surface area contributed by atoms with Crippen molar-refractivity contribution in [3.63, 3.8) is 0 Å². The van der Waals surface area contributed by atoms with Gasteiger partial charge in [0, 0.05) is 23.5 Å². The fourth-order valence-corrected chi connectivity index (χ4v) is 3.47. The lowest BCUT2D eigenvalue weighted by Gasteiger charge is -2.14. The SMILES string of the molecule is CS(=O)[C@H]1C[C@H](n2cnc3c(=O)[nH]cnc32)O[C@@H]1CO. The molecule has 1 unspecified atom stereocenters. The summed E-state index contributed by atoms with van der Waals surface area (Å²) in [4.78, 5) is 22.2. The molecule has 4 atom stereocenters. The second-order valence-electron chi connectivity index (χ2n) is 4.64. The molecule has 0 aromatic carbocycles. The number of aliphatic hydroxyl groups is 1. The number of ether oxygens (including phenoxy) is 1. The third-order valence-electron chi connectivity index (χ3n) is 3.46. The molecule has 0 radical (unpaired) electrons. The number of imidazole rings is 1. The van der Waals surface area contributed by atoms with Crippen LogP contribution in [-0.2, 0) is 15.5 Å². The predicted octanol–water partition coefficient (Wildman–Crippen LogP) is -0.854. The molecule has 1 aliphatic heterocycles. The molecule has 3 heterocycles. The number of nitrogens with one attached hydrogen (secondary N) is 1. The van der Waals surface area contributed by atoms with Gasteiger partial charge in [0.2, 0.25) is 0 Å². The number of hydrogen-bond donors (Lipinski definition) is 2. The highest BCUT2D eigenvalue weighted by atomic mass is 32.2. The van der Waals surface area contributed by atoms with Crippen molar-refractivity contribution in [1.82, 2.24) is 19.5 Å². The Kier molecular flexibility index (Phi) is 3.40. The van der Waals surface area contributed by atoms with Gasteiger partial charge in [-0.1, -0.05) is 0 Å². The number of aromatic amines is 1. The summed E-state index contributed by atoms with van der Waals surface area (Å²) >= 11 is 0. The van der Waals surface area contributed by atoms with E-state index in [1.807, 2.05) is 0 Å². The van der Waals surface area contributed by atoms with Gasteiger partial charge in [0.25, 0.3) is 5.56 Å². The van der Waals surface area contributed by atoms with E-state index in [0.717, 1.165) is 0 Å². The summed E-state index contributed by atoms with van der Waals surface area (Å²) in [5.41, 5.74) is 0.330. The zero-order chi connectivity index (χ0) is 14.3. The van der Waals surface area contributed by atoms with Crippen molar-refractivity contribution in [2.24, 2.45) is 0 Å². The molecule has 1 aliphatic rings. The second kappa shape index (κ2) is 5.08. The van der Waals surface area contributed by atoms with Gasteiger partial charge in [0.15, 0.2) is 11.2 Å². The molecule has 2 N–H and O–H groups in total. The highest BCUT2D eigenvalue weighted by Gasteiger charge is 2.38. The number of fused-ring (bicyclic) bond motifs is 1. The molecular weight excluding hydrogens is 284 g/mol. The summed E-state index contributed by atoms with van der Waals surface area (Å²) in [6.45, 7) is -0.193. The highest BCUT2D eigenvalue weighted by molar-refractivity contribution is 7.85. The fourth-order valence-electron chi connectivity index (χ4n) is 2.46. The van der Waals surface area contributed by atoms with Gasteiger partial charge in [0.1, 0.15) is 6.23 Å². The number of aromatic nitrogens is 4. The summed E-state index contributed by atoms with van der Waals surface area (Å²) in [5.74, 6) is 0. The molecule has 0 saturated carbocycles. The molecule has 108 valence electrons. The van der Waals surface area contributed by atoms with Gasteiger partial charge >= 0.3 is 0 Å². The molecule has 0 bridgehead atoms. The van der Waals surface area contributed by atoms with Gasteiger partial charge in [0.05, 0.1) is 30.6 Å². The smallest absolute Gasteiger partial charge is 0.278 e. The molecule has 1 saturated heterocycles. The van der Waals surface area contributed by atoms with Gasteiger partial charge in [-0.15, -0.1) is 0 Å². The van der Waals surface area contributed by atoms with Crippen LogP contribution in [0, 0.1) is 0 Å². The van der Waals surface area contributed by atoms with E-state index in [4.69, 9.17) is 4.74 Å². The lowest BCUT2D eigenvalue weighted by molar-refractivity contribution is -0.0199. The van der Waals surface area contributed by atoms with Crippen LogP contribution in [-0.4, -0.2) is 53.1 Å². The molecule has 20 heavy (non-hydrogen) atoms. The van der Waals surface area contributed by atoms with Crippen LogP contribution in [0.1, 0.15) is 12.6 Å². The number of H-pyrrole nitrogens is 1. The average molecular weight is 298 g/mol. The first-order valence-electron chi connectivity index (χ1n) is 6.10. The van der Waals surface area contributed by atoms with E-state index in [0.29, 0.717) is 12.1 Å². The second-order valence-corrected chi connectivity index (χ2v) is 6.24. The number of nitrogens with zero attached hydrogens (tertiary/aromatic N) is 3. The van der Waals surface area contributed by atoms with E-state index in [2.05, 4.69) is 15.0 Å². The zero-order valence-electron chi connectivity index (χ0n) is 10.7. The maximum Gasteiger partial charge on any atom is 0.278 e. The van der Waals surface area contributed by atoms with Crippen molar-refractivity contribution in [3.05, 3.63) is 23.0 Å². The summed E-state index contributed by atoms with van der Waals surface area (Å²) in [7, 11) is -1.10. The third kappa shape index (κ3) is 2.07. The summed E-state index contributed by atoms with van der Waals surface area (Å²) in [6, 6.07) is 0. The third-order valence-corrected chi connectivity index (χ3v) is 4.81. The molecular formula is C11H14N4O4S. The van der Waals surface area contributed by atoms with Crippen molar-refractivity contribution >= 4 is 22.0 Å². The van der Waals surface area contributed by atoms with Crippen molar-refractivity contribution < 1.29 is 14.1 Å².